The summed E-state index contributed by atoms with van der Waals surface area (Å²) in [5.41, 5.74) is 1.70. The maximum absolute atomic E-state index is 12.0. The second kappa shape index (κ2) is 11.7. The molecule has 5 aromatic rings. The summed E-state index contributed by atoms with van der Waals surface area (Å²) >= 11 is 1.69. The number of fused-ring (bicyclic) bond motifs is 3. The highest BCUT2D eigenvalue weighted by Crippen LogP contribution is 2.47. The van der Waals surface area contributed by atoms with E-state index in [1.54, 1.807) is 29.6 Å². The van der Waals surface area contributed by atoms with Crippen LogP contribution in [-0.2, 0) is 15.1 Å². The monoisotopic (exact) mass is 590 g/mol. The lowest BCUT2D eigenvalue weighted by Crippen LogP contribution is -2.39. The molecule has 0 amide bonds. The van der Waals surface area contributed by atoms with Crippen molar-refractivity contribution in [2.45, 2.75) is 34.2 Å². The van der Waals surface area contributed by atoms with Gasteiger partial charge in [-0.3, -0.25) is 9.36 Å². The van der Waals surface area contributed by atoms with E-state index in [9.17, 15) is 4.79 Å². The number of thioether (sulfide) groups is 1. The third-order valence-electron chi connectivity index (χ3n) is 7.94. The second-order valence-electron chi connectivity index (χ2n) is 10.5. The van der Waals surface area contributed by atoms with E-state index in [0.717, 1.165) is 27.3 Å². The smallest absolute Gasteiger partial charge is 0.302 e. The summed E-state index contributed by atoms with van der Waals surface area (Å²) in [5.74, 6) is 0.771. The normalized spacial score (nSPS) is 20.7. The van der Waals surface area contributed by atoms with E-state index < -0.39 is 11.8 Å². The van der Waals surface area contributed by atoms with E-state index >= 15 is 0 Å². The molecule has 0 saturated carbocycles. The van der Waals surface area contributed by atoms with Crippen LogP contribution in [0.25, 0.3) is 0 Å². The van der Waals surface area contributed by atoms with Crippen molar-refractivity contribution < 1.29 is 18.9 Å². The summed E-state index contributed by atoms with van der Waals surface area (Å²) in [6, 6.07) is 40.5. The molecule has 0 unspecified atom stereocenters. The minimum absolute atomic E-state index is 0.135. The topological polar surface area (TPSA) is 71.8 Å². The van der Waals surface area contributed by atoms with Gasteiger partial charge in [-0.05, 0) is 41.0 Å². The molecular weight excluding hydrogens is 560 g/mol. The summed E-state index contributed by atoms with van der Waals surface area (Å²) < 4.78 is 27.4. The Labute approximate surface area is 254 Å². The summed E-state index contributed by atoms with van der Waals surface area (Å²) in [6.45, 7) is 0.277. The molecule has 4 atom stereocenters. The van der Waals surface area contributed by atoms with Gasteiger partial charge >= 0.3 is 6.01 Å². The molecule has 0 bridgehead atoms. The zero-order valence-corrected chi connectivity index (χ0v) is 24.3. The molecule has 2 aliphatic rings. The first-order valence-electron chi connectivity index (χ1n) is 14.2. The molecule has 8 heteroatoms. The number of benzene rings is 4. The quantitative estimate of drug-likeness (QED) is 0.193. The Morgan fingerprint density at radius 2 is 1.42 bits per heavy atom. The van der Waals surface area contributed by atoms with Gasteiger partial charge in [0, 0.05) is 17.2 Å². The lowest BCUT2D eigenvalue weighted by molar-refractivity contribution is -0.0759. The Morgan fingerprint density at radius 1 is 0.814 bits per heavy atom. The number of hydrogen-bond donors (Lipinski definition) is 0. The summed E-state index contributed by atoms with van der Waals surface area (Å²) in [6.07, 6.45) is 0.579. The van der Waals surface area contributed by atoms with Crippen LogP contribution >= 0.6 is 11.8 Å². The number of ether oxygens (including phenoxy) is 4. The molecule has 0 radical (unpaired) electrons. The molecule has 1 aromatic heterocycles. The number of aromatic nitrogens is 2. The Balaban J connectivity index is 1.29. The third-order valence-corrected chi connectivity index (χ3v) is 9.33. The summed E-state index contributed by atoms with van der Waals surface area (Å²) in [5, 5.41) is -0.135. The highest BCUT2D eigenvalue weighted by molar-refractivity contribution is 8.00. The maximum atomic E-state index is 12.0. The van der Waals surface area contributed by atoms with Gasteiger partial charge in [-0.25, -0.2) is 0 Å². The molecule has 2 aliphatic heterocycles. The predicted octanol–water partition coefficient (Wildman–Crippen LogP) is 6.08. The van der Waals surface area contributed by atoms with Crippen molar-refractivity contribution in [1.82, 2.24) is 9.55 Å². The zero-order valence-electron chi connectivity index (χ0n) is 23.5. The summed E-state index contributed by atoms with van der Waals surface area (Å²) in [4.78, 5) is 17.1. The van der Waals surface area contributed by atoms with Gasteiger partial charge in [0.2, 0.25) is 0 Å². The minimum atomic E-state index is -0.928. The fourth-order valence-corrected chi connectivity index (χ4v) is 7.17. The number of hydrogen-bond acceptors (Lipinski definition) is 7. The average Bonchev–Trinajstić information content (AvgIpc) is 3.58. The van der Waals surface area contributed by atoms with Crippen molar-refractivity contribution in [3.63, 3.8) is 0 Å². The molecule has 1 fully saturated rings. The van der Waals surface area contributed by atoms with Crippen LogP contribution < -0.4 is 15.0 Å². The van der Waals surface area contributed by atoms with Crippen LogP contribution in [0.5, 0.6) is 11.8 Å². The van der Waals surface area contributed by atoms with Gasteiger partial charge in [-0.2, -0.15) is 4.98 Å². The SMILES string of the molecule is COc1ccc(C(OC[C@H]2O[C@@H]3[C@@H](Oc4nc(=O)ccn43)[C@@H]2Sc2ccccc2)(c2ccccc2)c2ccccc2)cc1. The minimum Gasteiger partial charge on any atom is -0.497 e. The molecule has 4 aromatic carbocycles. The van der Waals surface area contributed by atoms with Crippen LogP contribution in [0.3, 0.4) is 0 Å². The summed E-state index contributed by atoms with van der Waals surface area (Å²) in [7, 11) is 1.66. The van der Waals surface area contributed by atoms with Crippen molar-refractivity contribution in [1.29, 1.82) is 0 Å². The van der Waals surface area contributed by atoms with E-state index in [2.05, 4.69) is 53.5 Å². The van der Waals surface area contributed by atoms with E-state index in [1.165, 1.54) is 6.07 Å². The zero-order chi connectivity index (χ0) is 29.2. The first kappa shape index (κ1) is 27.5. The molecule has 0 spiro atoms. The van der Waals surface area contributed by atoms with E-state index in [4.69, 9.17) is 18.9 Å². The Bertz CT molecular complexity index is 1690. The van der Waals surface area contributed by atoms with Crippen LogP contribution in [0.2, 0.25) is 0 Å². The van der Waals surface area contributed by atoms with Gasteiger partial charge in [0.15, 0.2) is 12.3 Å². The van der Waals surface area contributed by atoms with Crippen molar-refractivity contribution in [3.8, 4) is 11.8 Å². The number of nitrogens with zero attached hydrogens (tertiary/aromatic N) is 2. The Kier molecular flexibility index (Phi) is 7.49. The third kappa shape index (κ3) is 5.12. The van der Waals surface area contributed by atoms with Crippen LogP contribution in [0.15, 0.2) is 137 Å². The molecule has 1 saturated heterocycles. The lowest BCUT2D eigenvalue weighted by atomic mass is 9.80. The average molecular weight is 591 g/mol. The van der Waals surface area contributed by atoms with Crippen LogP contribution in [-0.4, -0.2) is 40.7 Å². The van der Waals surface area contributed by atoms with E-state index in [0.29, 0.717) is 0 Å². The first-order valence-corrected chi connectivity index (χ1v) is 15.1. The van der Waals surface area contributed by atoms with Gasteiger partial charge < -0.3 is 18.9 Å². The van der Waals surface area contributed by atoms with Crippen LogP contribution in [0.1, 0.15) is 22.9 Å². The fraction of sp³-hybridized carbons (Fsp3) is 0.200. The molecule has 7 nitrogen and oxygen atoms in total. The molecule has 43 heavy (non-hydrogen) atoms. The Morgan fingerprint density at radius 3 is 2.05 bits per heavy atom. The molecule has 0 N–H and O–H groups in total. The molecule has 216 valence electrons. The van der Waals surface area contributed by atoms with E-state index in [1.807, 2.05) is 66.7 Å². The van der Waals surface area contributed by atoms with Gasteiger partial charge in [0.05, 0.1) is 25.1 Å². The largest absolute Gasteiger partial charge is 0.497 e. The predicted molar refractivity (Wildman–Crippen MR) is 165 cm³/mol. The maximum Gasteiger partial charge on any atom is 0.302 e. The molecule has 3 heterocycles. The van der Waals surface area contributed by atoms with Crippen molar-refractivity contribution in [3.05, 3.63) is 155 Å². The lowest BCUT2D eigenvalue weighted by Gasteiger charge is -2.37. The van der Waals surface area contributed by atoms with Gasteiger partial charge in [-0.15, -0.1) is 11.8 Å². The van der Waals surface area contributed by atoms with Gasteiger partial charge in [0.25, 0.3) is 5.56 Å². The first-order chi connectivity index (χ1) is 21.2. The second-order valence-corrected chi connectivity index (χ2v) is 11.7. The van der Waals surface area contributed by atoms with E-state index in [-0.39, 0.29) is 35.6 Å². The molecule has 7 rings (SSSR count). The highest BCUT2D eigenvalue weighted by Gasteiger charge is 2.53. The number of methoxy groups -OCH3 is 1. The van der Waals surface area contributed by atoms with Crippen molar-refractivity contribution in [2.24, 2.45) is 0 Å². The molecule has 0 aliphatic carbocycles. The number of rotatable bonds is 9. The van der Waals surface area contributed by atoms with Gasteiger partial charge in [0.1, 0.15) is 11.4 Å². The van der Waals surface area contributed by atoms with Crippen molar-refractivity contribution >= 4 is 11.8 Å². The van der Waals surface area contributed by atoms with Crippen LogP contribution in [0.4, 0.5) is 0 Å². The Hall–Kier alpha value is -4.37. The standard InChI is InChI=1S/C35H30N2O5S/c1-39-27-19-17-26(18-20-27)35(24-11-5-2-6-12-24,25-13-7-3-8-14-25)40-23-29-32(43-28-15-9-4-10-16-28)31-33(41-29)37-22-21-30(38)36-34(37)42-31/h2-22,29,31-33H,23H2,1H3/t29-,31+,32-,33-/m1/s1. The molecular formula is C35H30N2O5S. The van der Waals surface area contributed by atoms with Crippen LogP contribution in [0, 0.1) is 0 Å². The fourth-order valence-electron chi connectivity index (χ4n) is 5.92. The highest BCUT2D eigenvalue weighted by atomic mass is 32.2. The van der Waals surface area contributed by atoms with Gasteiger partial charge in [-0.1, -0.05) is 91.0 Å². The van der Waals surface area contributed by atoms with Crippen molar-refractivity contribution in [2.75, 3.05) is 13.7 Å².